The number of thiocarbonyl (C=S) groups is 1. The molecule has 1 atom stereocenters. The molecule has 0 bridgehead atoms. The summed E-state index contributed by atoms with van der Waals surface area (Å²) in [5.41, 5.74) is 0. The van der Waals surface area contributed by atoms with Gasteiger partial charge in [0.05, 0.1) is 0 Å². The summed E-state index contributed by atoms with van der Waals surface area (Å²) in [7, 11) is 1.87. The molecule has 1 rings (SSSR count). The fraction of sp³-hybridized carbons (Fsp3) is 0.833. The van der Waals surface area contributed by atoms with Crippen LogP contribution in [-0.2, 0) is 0 Å². The van der Waals surface area contributed by atoms with E-state index in [2.05, 4.69) is 17.1 Å². The molecule has 1 unspecified atom stereocenters. The van der Waals surface area contributed by atoms with Gasteiger partial charge in [0.1, 0.15) is 0 Å². The molecule has 0 aromatic rings. The molecule has 0 aliphatic carbocycles. The summed E-state index contributed by atoms with van der Waals surface area (Å²) in [5.74, 6) is 0. The van der Waals surface area contributed by atoms with E-state index in [-0.39, 0.29) is 0 Å². The first-order valence-electron chi connectivity index (χ1n) is 3.24. The van der Waals surface area contributed by atoms with Gasteiger partial charge in [-0.05, 0) is 25.6 Å². The number of nitrogens with one attached hydrogen (secondary N) is 1. The third-order valence-corrected chi connectivity index (χ3v) is 2.23. The van der Waals surface area contributed by atoms with E-state index in [1.807, 2.05) is 7.05 Å². The largest absolute Gasteiger partial charge is 0.366 e. The zero-order valence-corrected chi connectivity index (χ0v) is 6.66. The van der Waals surface area contributed by atoms with Gasteiger partial charge in [0.2, 0.25) is 0 Å². The maximum atomic E-state index is 5.02. The zero-order valence-electron chi connectivity index (χ0n) is 5.85. The summed E-state index contributed by atoms with van der Waals surface area (Å²) < 4.78 is 0. The first kappa shape index (κ1) is 6.81. The summed E-state index contributed by atoms with van der Waals surface area (Å²) in [6, 6.07) is 0.657. The second-order valence-corrected chi connectivity index (χ2v) is 2.77. The molecule has 2 nitrogen and oxygen atoms in total. The summed E-state index contributed by atoms with van der Waals surface area (Å²) >= 11 is 5.02. The Morgan fingerprint density at radius 3 is 2.56 bits per heavy atom. The van der Waals surface area contributed by atoms with Crippen molar-refractivity contribution in [1.82, 2.24) is 10.2 Å². The molecule has 0 spiro atoms. The Kier molecular flexibility index (Phi) is 1.90. The molecule has 0 amide bonds. The van der Waals surface area contributed by atoms with Crippen LogP contribution in [0.3, 0.4) is 0 Å². The molecular formula is C6H12N2S. The van der Waals surface area contributed by atoms with Gasteiger partial charge in [0, 0.05) is 19.6 Å². The van der Waals surface area contributed by atoms with Gasteiger partial charge < -0.3 is 10.2 Å². The average Bonchev–Trinajstić information content (AvgIpc) is 1.84. The Morgan fingerprint density at radius 1 is 1.78 bits per heavy atom. The van der Waals surface area contributed by atoms with Crippen LogP contribution in [0.15, 0.2) is 0 Å². The first-order valence-corrected chi connectivity index (χ1v) is 3.65. The van der Waals surface area contributed by atoms with Gasteiger partial charge >= 0.3 is 0 Å². The van der Waals surface area contributed by atoms with E-state index in [1.54, 1.807) is 0 Å². The monoisotopic (exact) mass is 144 g/mol. The van der Waals surface area contributed by atoms with Crippen LogP contribution in [-0.4, -0.2) is 29.6 Å². The molecule has 0 radical (unpaired) electrons. The lowest BCUT2D eigenvalue weighted by atomic mass is 10.1. The Hall–Kier alpha value is -0.310. The van der Waals surface area contributed by atoms with E-state index in [1.165, 1.54) is 6.42 Å². The smallest absolute Gasteiger partial charge is 0.168 e. The third-order valence-electron chi connectivity index (χ3n) is 1.79. The van der Waals surface area contributed by atoms with Crippen molar-refractivity contribution in [3.63, 3.8) is 0 Å². The molecule has 0 saturated carbocycles. The highest BCUT2D eigenvalue weighted by Crippen LogP contribution is 2.15. The average molecular weight is 144 g/mol. The van der Waals surface area contributed by atoms with Crippen LogP contribution in [0.2, 0.25) is 0 Å². The van der Waals surface area contributed by atoms with Crippen LogP contribution < -0.4 is 5.32 Å². The van der Waals surface area contributed by atoms with E-state index < -0.39 is 0 Å². The number of nitrogens with zero attached hydrogens (tertiary/aromatic N) is 1. The highest BCUT2D eigenvalue weighted by Gasteiger charge is 2.24. The van der Waals surface area contributed by atoms with Gasteiger partial charge in [-0.1, -0.05) is 0 Å². The van der Waals surface area contributed by atoms with Crippen LogP contribution in [0, 0.1) is 0 Å². The predicted octanol–water partition coefficient (Wildman–Crippen LogP) is 0.585. The van der Waals surface area contributed by atoms with Crippen molar-refractivity contribution in [3.8, 4) is 0 Å². The van der Waals surface area contributed by atoms with Crippen molar-refractivity contribution >= 4 is 17.3 Å². The minimum atomic E-state index is 0.657. The normalized spacial score (nSPS) is 25.1. The fourth-order valence-electron chi connectivity index (χ4n) is 0.962. The standard InChI is InChI=1S/C6H12N2S/c1-5-3-4-8(5)6(9)7-2/h5H,3-4H2,1-2H3,(H,7,9). The van der Waals surface area contributed by atoms with Crippen molar-refractivity contribution in [2.24, 2.45) is 0 Å². The van der Waals surface area contributed by atoms with E-state index in [4.69, 9.17) is 12.2 Å². The minimum absolute atomic E-state index is 0.657. The summed E-state index contributed by atoms with van der Waals surface area (Å²) in [5, 5.41) is 3.84. The number of rotatable bonds is 0. The fourth-order valence-corrected chi connectivity index (χ4v) is 1.23. The van der Waals surface area contributed by atoms with E-state index >= 15 is 0 Å². The predicted molar refractivity (Wildman–Crippen MR) is 42.4 cm³/mol. The van der Waals surface area contributed by atoms with Gasteiger partial charge in [0.15, 0.2) is 5.11 Å². The topological polar surface area (TPSA) is 15.3 Å². The first-order chi connectivity index (χ1) is 4.25. The van der Waals surface area contributed by atoms with Crippen molar-refractivity contribution < 1.29 is 0 Å². The molecule has 1 saturated heterocycles. The van der Waals surface area contributed by atoms with Crippen LogP contribution in [0.1, 0.15) is 13.3 Å². The molecule has 1 aliphatic heterocycles. The molecule has 52 valence electrons. The van der Waals surface area contributed by atoms with Gasteiger partial charge in [0.25, 0.3) is 0 Å². The molecule has 1 N–H and O–H groups in total. The Morgan fingerprint density at radius 2 is 2.44 bits per heavy atom. The zero-order chi connectivity index (χ0) is 6.85. The van der Waals surface area contributed by atoms with E-state index in [0.717, 1.165) is 11.7 Å². The number of hydrogen-bond donors (Lipinski definition) is 1. The van der Waals surface area contributed by atoms with E-state index in [0.29, 0.717) is 6.04 Å². The molecular weight excluding hydrogens is 132 g/mol. The van der Waals surface area contributed by atoms with Gasteiger partial charge in [-0.25, -0.2) is 0 Å². The van der Waals surface area contributed by atoms with Crippen LogP contribution in [0.4, 0.5) is 0 Å². The maximum absolute atomic E-state index is 5.02. The molecule has 1 fully saturated rings. The van der Waals surface area contributed by atoms with Crippen LogP contribution >= 0.6 is 12.2 Å². The SMILES string of the molecule is CNC(=S)N1CCC1C. The Labute approximate surface area is 61.2 Å². The third kappa shape index (κ3) is 1.15. The van der Waals surface area contributed by atoms with Crippen molar-refractivity contribution in [2.75, 3.05) is 13.6 Å². The summed E-state index contributed by atoms with van der Waals surface area (Å²) in [4.78, 5) is 2.19. The highest BCUT2D eigenvalue weighted by molar-refractivity contribution is 7.80. The molecule has 0 aromatic heterocycles. The van der Waals surface area contributed by atoms with Crippen molar-refractivity contribution in [1.29, 1.82) is 0 Å². The summed E-state index contributed by atoms with van der Waals surface area (Å²) in [6.07, 6.45) is 1.28. The summed E-state index contributed by atoms with van der Waals surface area (Å²) in [6.45, 7) is 3.31. The molecule has 3 heteroatoms. The second kappa shape index (κ2) is 2.52. The lowest BCUT2D eigenvalue weighted by Crippen LogP contribution is -2.52. The quantitative estimate of drug-likeness (QED) is 0.501. The Balaban J connectivity index is 2.35. The molecule has 1 aliphatic rings. The molecule has 0 aromatic carbocycles. The minimum Gasteiger partial charge on any atom is -0.366 e. The number of likely N-dealkylation sites (tertiary alicyclic amines) is 1. The van der Waals surface area contributed by atoms with Crippen LogP contribution in [0.5, 0.6) is 0 Å². The maximum Gasteiger partial charge on any atom is 0.168 e. The van der Waals surface area contributed by atoms with Crippen LogP contribution in [0.25, 0.3) is 0 Å². The number of hydrogen-bond acceptors (Lipinski definition) is 1. The van der Waals surface area contributed by atoms with Gasteiger partial charge in [-0.2, -0.15) is 0 Å². The van der Waals surface area contributed by atoms with Gasteiger partial charge in [-0.3, -0.25) is 0 Å². The van der Waals surface area contributed by atoms with Gasteiger partial charge in [-0.15, -0.1) is 0 Å². The second-order valence-electron chi connectivity index (χ2n) is 2.39. The van der Waals surface area contributed by atoms with Crippen molar-refractivity contribution in [3.05, 3.63) is 0 Å². The Bertz CT molecular complexity index is 124. The van der Waals surface area contributed by atoms with E-state index in [9.17, 15) is 0 Å². The van der Waals surface area contributed by atoms with Crippen molar-refractivity contribution in [2.45, 2.75) is 19.4 Å². The molecule has 1 heterocycles. The highest BCUT2D eigenvalue weighted by atomic mass is 32.1. The lowest BCUT2D eigenvalue weighted by molar-refractivity contribution is 0.202. The lowest BCUT2D eigenvalue weighted by Gasteiger charge is -2.40. The molecule has 9 heavy (non-hydrogen) atoms.